The predicted octanol–water partition coefficient (Wildman–Crippen LogP) is 2.07. The molecule has 0 radical (unpaired) electrons. The summed E-state index contributed by atoms with van der Waals surface area (Å²) in [5, 5.41) is 18.4. The van der Waals surface area contributed by atoms with Crippen LogP contribution in [0, 0.1) is 28.9 Å². The zero-order valence-corrected chi connectivity index (χ0v) is 11.6. The van der Waals surface area contributed by atoms with E-state index in [0.29, 0.717) is 6.42 Å². The van der Waals surface area contributed by atoms with Crippen LogP contribution in [0.1, 0.15) is 35.2 Å². The number of benzene rings is 1. The number of carbonyl (C=O) groups is 1. The lowest BCUT2D eigenvalue weighted by Gasteiger charge is -2.23. The molecular formula is C15H16F2N2O2. The molecular weight excluding hydrogens is 278 g/mol. The van der Waals surface area contributed by atoms with Crippen molar-refractivity contribution in [3.05, 3.63) is 34.9 Å². The largest absolute Gasteiger partial charge is 0.393 e. The molecule has 0 aliphatic heterocycles. The molecule has 112 valence electrons. The average molecular weight is 294 g/mol. The number of hydrogen-bond donors (Lipinski definition) is 1. The van der Waals surface area contributed by atoms with E-state index < -0.39 is 29.2 Å². The third-order valence-corrected chi connectivity index (χ3v) is 3.86. The van der Waals surface area contributed by atoms with Gasteiger partial charge in [-0.05, 0) is 25.0 Å². The monoisotopic (exact) mass is 294 g/mol. The normalized spacial score (nSPS) is 21.1. The molecule has 4 nitrogen and oxygen atoms in total. The van der Waals surface area contributed by atoms with Crippen molar-refractivity contribution in [1.82, 2.24) is 4.90 Å². The third-order valence-electron chi connectivity index (χ3n) is 3.86. The summed E-state index contributed by atoms with van der Waals surface area (Å²) in [6, 6.07) is 3.31. The predicted molar refractivity (Wildman–Crippen MR) is 71.4 cm³/mol. The number of nitrogens with zero attached hydrogens (tertiary/aromatic N) is 2. The molecule has 1 aliphatic rings. The first-order valence-electron chi connectivity index (χ1n) is 6.76. The second kappa shape index (κ2) is 6.19. The molecule has 1 fully saturated rings. The topological polar surface area (TPSA) is 64.3 Å². The highest BCUT2D eigenvalue weighted by Crippen LogP contribution is 2.27. The number of amides is 1. The number of aliphatic hydroxyl groups is 1. The van der Waals surface area contributed by atoms with E-state index in [9.17, 15) is 18.7 Å². The molecule has 1 N–H and O–H groups in total. The van der Waals surface area contributed by atoms with E-state index in [1.807, 2.05) is 0 Å². The Hall–Kier alpha value is -2.00. The molecule has 2 rings (SSSR count). The molecule has 1 aromatic rings. The van der Waals surface area contributed by atoms with Gasteiger partial charge in [-0.2, -0.15) is 5.26 Å². The summed E-state index contributed by atoms with van der Waals surface area (Å²) in [5.41, 5.74) is -0.834. The van der Waals surface area contributed by atoms with E-state index in [2.05, 4.69) is 0 Å². The van der Waals surface area contributed by atoms with Gasteiger partial charge in [0, 0.05) is 19.5 Å². The molecule has 2 atom stereocenters. The minimum absolute atomic E-state index is 0.0662. The fourth-order valence-electron chi connectivity index (χ4n) is 2.70. The Morgan fingerprint density at radius 2 is 2.05 bits per heavy atom. The molecule has 1 aliphatic carbocycles. The molecule has 0 saturated heterocycles. The fraction of sp³-hybridized carbons (Fsp3) is 0.467. The first-order valence-corrected chi connectivity index (χ1v) is 6.76. The van der Waals surface area contributed by atoms with Gasteiger partial charge >= 0.3 is 0 Å². The lowest BCUT2D eigenvalue weighted by Crippen LogP contribution is -2.35. The summed E-state index contributed by atoms with van der Waals surface area (Å²) in [6.07, 6.45) is 1.88. The Labute approximate surface area is 121 Å². The summed E-state index contributed by atoms with van der Waals surface area (Å²) in [5.74, 6) is -2.94. The van der Waals surface area contributed by atoms with Crippen LogP contribution in [-0.4, -0.2) is 35.6 Å². The van der Waals surface area contributed by atoms with Gasteiger partial charge in [-0.15, -0.1) is 0 Å². The highest BCUT2D eigenvalue weighted by Gasteiger charge is 2.29. The van der Waals surface area contributed by atoms with Gasteiger partial charge in [0.1, 0.15) is 17.2 Å². The van der Waals surface area contributed by atoms with Crippen LogP contribution in [-0.2, 0) is 0 Å². The molecule has 0 bridgehead atoms. The molecule has 1 aromatic carbocycles. The smallest absolute Gasteiger partial charge is 0.259 e. The van der Waals surface area contributed by atoms with Crippen LogP contribution < -0.4 is 0 Å². The van der Waals surface area contributed by atoms with Crippen LogP contribution in [0.3, 0.4) is 0 Å². The fourth-order valence-corrected chi connectivity index (χ4v) is 2.70. The van der Waals surface area contributed by atoms with Gasteiger partial charge in [-0.3, -0.25) is 4.79 Å². The minimum atomic E-state index is -1.05. The number of aliphatic hydroxyl groups excluding tert-OH is 1. The van der Waals surface area contributed by atoms with Crippen molar-refractivity contribution in [2.75, 3.05) is 13.6 Å². The van der Waals surface area contributed by atoms with Crippen molar-refractivity contribution in [2.45, 2.75) is 25.4 Å². The maximum Gasteiger partial charge on any atom is 0.259 e. The molecule has 0 spiro atoms. The van der Waals surface area contributed by atoms with E-state index in [4.69, 9.17) is 5.26 Å². The van der Waals surface area contributed by atoms with Crippen molar-refractivity contribution in [1.29, 1.82) is 5.26 Å². The van der Waals surface area contributed by atoms with Crippen LogP contribution >= 0.6 is 0 Å². The molecule has 0 aromatic heterocycles. The van der Waals surface area contributed by atoms with Crippen LogP contribution in [0.4, 0.5) is 8.78 Å². The second-order valence-electron chi connectivity index (χ2n) is 5.37. The summed E-state index contributed by atoms with van der Waals surface area (Å²) >= 11 is 0. The van der Waals surface area contributed by atoms with Crippen LogP contribution in [0.5, 0.6) is 0 Å². The van der Waals surface area contributed by atoms with Crippen molar-refractivity contribution in [2.24, 2.45) is 5.92 Å². The van der Waals surface area contributed by atoms with Gasteiger partial charge in [-0.25, -0.2) is 8.78 Å². The molecule has 1 amide bonds. The SMILES string of the molecule is CN(CC1CCCC1O)C(=O)c1c(F)cc(C#N)cc1F. The summed E-state index contributed by atoms with van der Waals surface area (Å²) in [6.45, 7) is 0.249. The molecule has 2 unspecified atom stereocenters. The van der Waals surface area contributed by atoms with Crippen LogP contribution in [0.2, 0.25) is 0 Å². The Kier molecular flexibility index (Phi) is 4.53. The van der Waals surface area contributed by atoms with Gasteiger partial charge in [-0.1, -0.05) is 6.42 Å². The number of rotatable bonds is 3. The summed E-state index contributed by atoms with van der Waals surface area (Å²) in [4.78, 5) is 13.4. The lowest BCUT2D eigenvalue weighted by molar-refractivity contribution is 0.0685. The maximum atomic E-state index is 13.8. The molecule has 21 heavy (non-hydrogen) atoms. The minimum Gasteiger partial charge on any atom is -0.393 e. The van der Waals surface area contributed by atoms with Gasteiger partial charge in [0.15, 0.2) is 0 Å². The van der Waals surface area contributed by atoms with Crippen LogP contribution in [0.15, 0.2) is 12.1 Å². The number of nitriles is 1. The zero-order chi connectivity index (χ0) is 15.6. The Balaban J connectivity index is 2.18. The quantitative estimate of drug-likeness (QED) is 0.928. The Morgan fingerprint density at radius 1 is 1.43 bits per heavy atom. The van der Waals surface area contributed by atoms with Gasteiger partial charge in [0.2, 0.25) is 0 Å². The Morgan fingerprint density at radius 3 is 2.52 bits per heavy atom. The molecule has 0 heterocycles. The van der Waals surface area contributed by atoms with E-state index in [0.717, 1.165) is 25.0 Å². The van der Waals surface area contributed by atoms with Crippen LogP contribution in [0.25, 0.3) is 0 Å². The first kappa shape index (κ1) is 15.4. The van der Waals surface area contributed by atoms with E-state index in [1.54, 1.807) is 6.07 Å². The lowest BCUT2D eigenvalue weighted by atomic mass is 10.0. The van der Waals surface area contributed by atoms with Crippen molar-refractivity contribution in [3.63, 3.8) is 0 Å². The molecule has 6 heteroatoms. The van der Waals surface area contributed by atoms with E-state index in [1.165, 1.54) is 11.9 Å². The van der Waals surface area contributed by atoms with Gasteiger partial charge < -0.3 is 10.0 Å². The molecule has 1 saturated carbocycles. The summed E-state index contributed by atoms with van der Waals surface area (Å²) < 4.78 is 27.6. The van der Waals surface area contributed by atoms with Gasteiger partial charge in [0.25, 0.3) is 5.91 Å². The average Bonchev–Trinajstić information content (AvgIpc) is 2.83. The number of hydrogen-bond acceptors (Lipinski definition) is 3. The second-order valence-corrected chi connectivity index (χ2v) is 5.37. The maximum absolute atomic E-state index is 13.8. The number of carbonyl (C=O) groups excluding carboxylic acids is 1. The highest BCUT2D eigenvalue weighted by atomic mass is 19.1. The number of halogens is 2. The van der Waals surface area contributed by atoms with Crippen molar-refractivity contribution in [3.8, 4) is 6.07 Å². The van der Waals surface area contributed by atoms with Crippen molar-refractivity contribution >= 4 is 5.91 Å². The third kappa shape index (κ3) is 3.19. The zero-order valence-electron chi connectivity index (χ0n) is 11.6. The van der Waals surface area contributed by atoms with E-state index >= 15 is 0 Å². The van der Waals surface area contributed by atoms with Gasteiger partial charge in [0.05, 0.1) is 17.7 Å². The van der Waals surface area contributed by atoms with Crippen molar-refractivity contribution < 1.29 is 18.7 Å². The highest BCUT2D eigenvalue weighted by molar-refractivity contribution is 5.94. The first-order chi connectivity index (χ1) is 9.93. The standard InChI is InChI=1S/C15H16F2N2O2/c1-19(8-10-3-2-4-13(10)20)15(21)14-11(16)5-9(7-18)6-12(14)17/h5-6,10,13,20H,2-4,8H2,1H3. The summed E-state index contributed by atoms with van der Waals surface area (Å²) in [7, 11) is 1.45. The van der Waals surface area contributed by atoms with E-state index in [-0.39, 0.29) is 18.0 Å². The Bertz CT molecular complexity index is 575.